The second kappa shape index (κ2) is 6.86. The second-order valence-electron chi connectivity index (χ2n) is 4.93. The third kappa shape index (κ3) is 3.38. The molecule has 108 valence electrons. The van der Waals surface area contributed by atoms with Crippen molar-refractivity contribution in [2.75, 3.05) is 6.54 Å². The largest absolute Gasteiger partial charge is 0.305 e. The molecule has 0 radical (unpaired) electrons. The molecule has 5 heteroatoms. The van der Waals surface area contributed by atoms with Crippen LogP contribution in [0.4, 0.5) is 0 Å². The lowest BCUT2D eigenvalue weighted by molar-refractivity contribution is 0.511. The van der Waals surface area contributed by atoms with Crippen LogP contribution in [0.25, 0.3) is 0 Å². The highest BCUT2D eigenvalue weighted by molar-refractivity contribution is 6.30. The van der Waals surface area contributed by atoms with Crippen LogP contribution < -0.4 is 5.32 Å². The molecule has 0 aliphatic heterocycles. The van der Waals surface area contributed by atoms with Crippen LogP contribution >= 0.6 is 11.6 Å². The number of halogens is 1. The smallest absolute Gasteiger partial charge is 0.0802 e. The molecule has 0 aliphatic rings. The Morgan fingerprint density at radius 3 is 2.75 bits per heavy atom. The topological polar surface area (TPSA) is 42.7 Å². The molecule has 0 aliphatic carbocycles. The van der Waals surface area contributed by atoms with Crippen molar-refractivity contribution in [3.63, 3.8) is 0 Å². The minimum absolute atomic E-state index is 0.0685. The third-order valence-electron chi connectivity index (χ3n) is 3.18. The molecule has 1 atom stereocenters. The fraction of sp³-hybridized carbons (Fsp3) is 0.467. The summed E-state index contributed by atoms with van der Waals surface area (Å²) < 4.78 is 1.96. The van der Waals surface area contributed by atoms with Gasteiger partial charge in [0.1, 0.15) is 0 Å². The van der Waals surface area contributed by atoms with Gasteiger partial charge in [0.2, 0.25) is 0 Å². The number of hydrogen-bond donors (Lipinski definition) is 1. The molecule has 4 nitrogen and oxygen atoms in total. The van der Waals surface area contributed by atoms with Gasteiger partial charge >= 0.3 is 0 Å². The molecule has 1 aromatic heterocycles. The molecule has 20 heavy (non-hydrogen) atoms. The van der Waals surface area contributed by atoms with E-state index in [1.807, 2.05) is 23.0 Å². The Morgan fingerprint density at radius 2 is 2.10 bits per heavy atom. The van der Waals surface area contributed by atoms with Crippen molar-refractivity contribution in [1.82, 2.24) is 20.3 Å². The maximum atomic E-state index is 6.19. The summed E-state index contributed by atoms with van der Waals surface area (Å²) in [4.78, 5) is 0. The van der Waals surface area contributed by atoms with Crippen LogP contribution in [0.5, 0.6) is 0 Å². The number of rotatable bonds is 6. The Balaban J connectivity index is 2.41. The average molecular weight is 293 g/mol. The van der Waals surface area contributed by atoms with Gasteiger partial charge in [-0.15, -0.1) is 5.10 Å². The first-order valence-electron chi connectivity index (χ1n) is 7.04. The van der Waals surface area contributed by atoms with E-state index in [0.29, 0.717) is 0 Å². The van der Waals surface area contributed by atoms with E-state index >= 15 is 0 Å². The monoisotopic (exact) mass is 292 g/mol. The van der Waals surface area contributed by atoms with Crippen LogP contribution in [0.15, 0.2) is 24.4 Å². The number of nitrogens with zero attached hydrogens (tertiary/aromatic N) is 3. The summed E-state index contributed by atoms with van der Waals surface area (Å²) >= 11 is 6.19. The minimum Gasteiger partial charge on any atom is -0.305 e. The van der Waals surface area contributed by atoms with Crippen molar-refractivity contribution in [2.24, 2.45) is 0 Å². The van der Waals surface area contributed by atoms with Gasteiger partial charge < -0.3 is 5.32 Å². The lowest BCUT2D eigenvalue weighted by atomic mass is 10.0. The average Bonchev–Trinajstić information content (AvgIpc) is 2.83. The van der Waals surface area contributed by atoms with Crippen LogP contribution in [-0.2, 0) is 6.54 Å². The molecule has 0 saturated carbocycles. The van der Waals surface area contributed by atoms with Gasteiger partial charge in [-0.2, -0.15) is 0 Å². The molecule has 1 unspecified atom stereocenters. The van der Waals surface area contributed by atoms with E-state index in [1.165, 1.54) is 0 Å². The van der Waals surface area contributed by atoms with Gasteiger partial charge in [0, 0.05) is 11.6 Å². The Labute approximate surface area is 125 Å². The summed E-state index contributed by atoms with van der Waals surface area (Å²) in [6, 6.07) is 6.20. The third-order valence-corrected chi connectivity index (χ3v) is 3.40. The molecule has 1 N–H and O–H groups in total. The maximum absolute atomic E-state index is 6.19. The number of aryl methyl sites for hydroxylation is 2. The highest BCUT2D eigenvalue weighted by Crippen LogP contribution is 2.25. The summed E-state index contributed by atoms with van der Waals surface area (Å²) in [5.41, 5.74) is 3.39. The van der Waals surface area contributed by atoms with Crippen LogP contribution in [-0.4, -0.2) is 21.5 Å². The Morgan fingerprint density at radius 1 is 1.30 bits per heavy atom. The standard InChI is InChI=1S/C15H21ClN4/c1-4-6-20-14(10-18-19-20)15(17-5-2)12-7-11(3)8-13(16)9-12/h7-10,15,17H,4-6H2,1-3H3. The predicted molar refractivity (Wildman–Crippen MR) is 82.0 cm³/mol. The van der Waals surface area contributed by atoms with Gasteiger partial charge in [-0.25, -0.2) is 4.68 Å². The van der Waals surface area contributed by atoms with Crippen LogP contribution in [0, 0.1) is 6.92 Å². The van der Waals surface area contributed by atoms with Crippen molar-refractivity contribution >= 4 is 11.6 Å². The molecule has 2 rings (SSSR count). The van der Waals surface area contributed by atoms with Gasteiger partial charge in [-0.05, 0) is 43.1 Å². The van der Waals surface area contributed by atoms with E-state index in [0.717, 1.165) is 41.4 Å². The van der Waals surface area contributed by atoms with E-state index in [2.05, 4.69) is 42.5 Å². The summed E-state index contributed by atoms with van der Waals surface area (Å²) in [7, 11) is 0. The summed E-state index contributed by atoms with van der Waals surface area (Å²) in [5, 5.41) is 12.5. The molecular formula is C15H21ClN4. The second-order valence-corrected chi connectivity index (χ2v) is 5.37. The van der Waals surface area contributed by atoms with E-state index in [9.17, 15) is 0 Å². The Bertz CT molecular complexity index is 545. The first-order valence-corrected chi connectivity index (χ1v) is 7.42. The molecule has 0 fully saturated rings. The van der Waals surface area contributed by atoms with Crippen LogP contribution in [0.3, 0.4) is 0 Å². The number of aromatic nitrogens is 3. The van der Waals surface area contributed by atoms with E-state index in [-0.39, 0.29) is 6.04 Å². The summed E-state index contributed by atoms with van der Waals surface area (Å²) in [6.45, 7) is 8.03. The van der Waals surface area contributed by atoms with Gasteiger partial charge in [-0.3, -0.25) is 0 Å². The summed E-state index contributed by atoms with van der Waals surface area (Å²) in [5.74, 6) is 0. The molecule has 2 aromatic rings. The fourth-order valence-corrected chi connectivity index (χ4v) is 2.70. The fourth-order valence-electron chi connectivity index (χ4n) is 2.40. The zero-order valence-electron chi connectivity index (χ0n) is 12.2. The molecule has 0 saturated heterocycles. The highest BCUT2D eigenvalue weighted by Gasteiger charge is 2.18. The van der Waals surface area contributed by atoms with Crippen molar-refractivity contribution in [3.05, 3.63) is 46.2 Å². The maximum Gasteiger partial charge on any atom is 0.0802 e. The van der Waals surface area contributed by atoms with Gasteiger partial charge in [0.25, 0.3) is 0 Å². The van der Waals surface area contributed by atoms with Crippen molar-refractivity contribution in [3.8, 4) is 0 Å². The predicted octanol–water partition coefficient (Wildman–Crippen LogP) is 3.35. The number of nitrogens with one attached hydrogen (secondary N) is 1. The number of benzene rings is 1. The molecule has 0 bridgehead atoms. The quantitative estimate of drug-likeness (QED) is 0.888. The van der Waals surface area contributed by atoms with Crippen LogP contribution in [0.1, 0.15) is 43.1 Å². The highest BCUT2D eigenvalue weighted by atomic mass is 35.5. The molecular weight excluding hydrogens is 272 g/mol. The van der Waals surface area contributed by atoms with E-state index < -0.39 is 0 Å². The lowest BCUT2D eigenvalue weighted by Gasteiger charge is -2.20. The van der Waals surface area contributed by atoms with E-state index in [4.69, 9.17) is 11.6 Å². The van der Waals surface area contributed by atoms with Crippen LogP contribution in [0.2, 0.25) is 5.02 Å². The zero-order valence-corrected chi connectivity index (χ0v) is 13.0. The molecule has 0 spiro atoms. The molecule has 0 amide bonds. The molecule has 1 aromatic carbocycles. The lowest BCUT2D eigenvalue weighted by Crippen LogP contribution is -2.25. The van der Waals surface area contributed by atoms with Crippen molar-refractivity contribution in [1.29, 1.82) is 0 Å². The first-order chi connectivity index (χ1) is 9.65. The summed E-state index contributed by atoms with van der Waals surface area (Å²) in [6.07, 6.45) is 2.86. The van der Waals surface area contributed by atoms with Gasteiger partial charge in [-0.1, -0.05) is 36.7 Å². The Kier molecular flexibility index (Phi) is 5.15. The zero-order chi connectivity index (χ0) is 14.5. The van der Waals surface area contributed by atoms with Gasteiger partial charge in [0.05, 0.1) is 17.9 Å². The first kappa shape index (κ1) is 15.0. The SMILES string of the molecule is CCCn1nncc1C(NCC)c1cc(C)cc(Cl)c1. The molecule has 1 heterocycles. The normalized spacial score (nSPS) is 12.6. The minimum atomic E-state index is 0.0685. The van der Waals surface area contributed by atoms with Gasteiger partial charge in [0.15, 0.2) is 0 Å². The van der Waals surface area contributed by atoms with Crippen molar-refractivity contribution in [2.45, 2.75) is 39.8 Å². The van der Waals surface area contributed by atoms with Crippen molar-refractivity contribution < 1.29 is 0 Å². The number of hydrogen-bond acceptors (Lipinski definition) is 3. The van der Waals surface area contributed by atoms with E-state index in [1.54, 1.807) is 0 Å². The Hall–Kier alpha value is -1.39.